The Kier molecular flexibility index (Phi) is 55.3. The van der Waals surface area contributed by atoms with Gasteiger partial charge < -0.3 is 39.0 Å². The van der Waals surface area contributed by atoms with Gasteiger partial charge in [0.1, 0.15) is 18.8 Å². The maximum absolute atomic E-state index is 13.2. The Bertz CT molecular complexity index is 1630. The van der Waals surface area contributed by atoms with Crippen LogP contribution in [0.15, 0.2) is 48.6 Å². The topological polar surface area (TPSA) is 175 Å². The average molecular weight is 1170 g/mol. The number of ether oxygens (including phenoxy) is 5. The summed E-state index contributed by atoms with van der Waals surface area (Å²) >= 11 is 0. The number of esters is 3. The van der Waals surface area contributed by atoms with Crippen molar-refractivity contribution in [1.29, 1.82) is 0 Å². The molecule has 1 heterocycles. The van der Waals surface area contributed by atoms with E-state index in [1.165, 1.54) is 173 Å². The zero-order chi connectivity index (χ0) is 60.3. The number of carboxylic acid groups (broad SMARTS) is 1. The Morgan fingerprint density at radius 2 is 0.723 bits per heavy atom. The Hall–Kier alpha value is -3.32. The smallest absolute Gasteiger partial charge is 0.335 e. The van der Waals surface area contributed by atoms with Crippen LogP contribution in [0.5, 0.6) is 0 Å². The van der Waals surface area contributed by atoms with Gasteiger partial charge in [0.2, 0.25) is 0 Å². The number of rotatable bonds is 60. The van der Waals surface area contributed by atoms with Gasteiger partial charge in [0, 0.05) is 19.3 Å². The highest BCUT2D eigenvalue weighted by atomic mass is 16.7. The fourth-order valence-corrected chi connectivity index (χ4v) is 10.5. The Balaban J connectivity index is 2.62. The lowest BCUT2D eigenvalue weighted by molar-refractivity contribution is -0.301. The summed E-state index contributed by atoms with van der Waals surface area (Å²) in [6.45, 7) is 5.99. The van der Waals surface area contributed by atoms with Gasteiger partial charge >= 0.3 is 23.9 Å². The first kappa shape index (κ1) is 77.7. The van der Waals surface area contributed by atoms with Crippen LogP contribution in [0, 0.1) is 0 Å². The van der Waals surface area contributed by atoms with Crippen molar-refractivity contribution in [3.8, 4) is 0 Å². The molecule has 3 N–H and O–H groups in total. The molecule has 0 spiro atoms. The van der Waals surface area contributed by atoms with E-state index in [2.05, 4.69) is 69.4 Å². The lowest BCUT2D eigenvalue weighted by atomic mass is 9.98. The molecule has 0 aromatic rings. The molecule has 0 aromatic heterocycles. The molecule has 0 aromatic carbocycles. The first-order chi connectivity index (χ1) is 40.6. The number of carboxylic acids is 1. The number of hydrogen-bond acceptors (Lipinski definition) is 11. The van der Waals surface area contributed by atoms with E-state index in [-0.39, 0.29) is 25.9 Å². The molecular formula is C71H126O12. The monoisotopic (exact) mass is 1170 g/mol. The van der Waals surface area contributed by atoms with Gasteiger partial charge in [-0.15, -0.1) is 0 Å². The summed E-state index contributed by atoms with van der Waals surface area (Å²) in [4.78, 5) is 51.4. The highest BCUT2D eigenvalue weighted by Gasteiger charge is 2.50. The first-order valence-electron chi connectivity index (χ1n) is 34.6. The Morgan fingerprint density at radius 1 is 0.398 bits per heavy atom. The van der Waals surface area contributed by atoms with Crippen molar-refractivity contribution in [2.75, 3.05) is 13.2 Å². The van der Waals surface area contributed by atoms with Crippen LogP contribution in [0.2, 0.25) is 0 Å². The van der Waals surface area contributed by atoms with Gasteiger partial charge in [-0.25, -0.2) is 4.79 Å². The van der Waals surface area contributed by atoms with Crippen LogP contribution < -0.4 is 0 Å². The fraction of sp³-hybridized carbons (Fsp3) is 0.831. The molecule has 1 saturated heterocycles. The minimum absolute atomic E-state index is 0.0634. The van der Waals surface area contributed by atoms with Crippen LogP contribution in [0.1, 0.15) is 329 Å². The molecule has 1 aliphatic heterocycles. The molecule has 0 saturated carbocycles. The van der Waals surface area contributed by atoms with Crippen molar-refractivity contribution in [3.05, 3.63) is 48.6 Å². The minimum atomic E-state index is -1.90. The van der Waals surface area contributed by atoms with Crippen molar-refractivity contribution >= 4 is 23.9 Å². The molecule has 0 amide bonds. The van der Waals surface area contributed by atoms with E-state index in [4.69, 9.17) is 23.7 Å². The molecule has 1 fully saturated rings. The summed E-state index contributed by atoms with van der Waals surface area (Å²) in [5, 5.41) is 31.7. The van der Waals surface area contributed by atoms with Crippen molar-refractivity contribution in [2.45, 2.75) is 366 Å². The van der Waals surface area contributed by atoms with E-state index in [0.29, 0.717) is 19.3 Å². The molecular weight excluding hydrogens is 1040 g/mol. The Morgan fingerprint density at radius 3 is 1.11 bits per heavy atom. The molecule has 12 nitrogen and oxygen atoms in total. The number of carbonyl (C=O) groups excluding carboxylic acids is 3. The highest BCUT2D eigenvalue weighted by Crippen LogP contribution is 2.27. The molecule has 83 heavy (non-hydrogen) atoms. The quantitative estimate of drug-likeness (QED) is 0.0228. The van der Waals surface area contributed by atoms with Crippen molar-refractivity contribution in [3.63, 3.8) is 0 Å². The zero-order valence-electron chi connectivity index (χ0n) is 53.5. The first-order valence-corrected chi connectivity index (χ1v) is 34.6. The summed E-state index contributed by atoms with van der Waals surface area (Å²) in [6, 6.07) is 0. The van der Waals surface area contributed by atoms with Gasteiger partial charge in [-0.2, -0.15) is 0 Å². The molecule has 0 bridgehead atoms. The SMILES string of the molecule is CCCCC/C=C\C/C=C\CCCCCCCCCCCC(=O)OCC(COC1OC(C(=O)O)C(O)C(O)C1OC(=O)CCCCCCCCCCCCCCCCCCCCC)OC(=O)CCCCCCC/C=C\C/C=C\CCCCC. The number of aliphatic hydroxyl groups is 2. The average Bonchev–Trinajstić information content (AvgIpc) is 3.57. The molecule has 0 aliphatic carbocycles. The minimum Gasteiger partial charge on any atom is -0.479 e. The zero-order valence-corrected chi connectivity index (χ0v) is 53.5. The number of aliphatic hydroxyl groups excluding tert-OH is 2. The summed E-state index contributed by atoms with van der Waals surface area (Å²) < 4.78 is 28.6. The van der Waals surface area contributed by atoms with Crippen LogP contribution >= 0.6 is 0 Å². The maximum atomic E-state index is 13.2. The predicted molar refractivity (Wildman–Crippen MR) is 340 cm³/mol. The lowest BCUT2D eigenvalue weighted by Gasteiger charge is -2.40. The number of unbranched alkanes of at least 4 members (excludes halogenated alkanes) is 38. The standard InChI is InChI=1S/C71H126O12/c1-4-7-10-13-16-19-22-25-28-30-32-34-37-39-42-45-48-51-54-57-63(72)79-60-62(81-64(73)58-55-52-49-46-43-40-36-27-24-21-18-15-12-9-6-3)61-80-71-69(67(76)66(75)68(83-71)70(77)78)82-65(74)59-56-53-50-47-44-41-38-35-33-31-29-26-23-20-17-14-11-8-5-2/h16,18-19,21,25,27-28,36,62,66-69,71,75-76H,4-15,17,20,22-24,26,29-35,37-61H2,1-3H3,(H,77,78)/b19-16-,21-18-,28-25-,36-27-. The van der Waals surface area contributed by atoms with Crippen molar-refractivity contribution < 1.29 is 58.2 Å². The van der Waals surface area contributed by atoms with E-state index < -0.39 is 67.3 Å². The van der Waals surface area contributed by atoms with Crippen LogP contribution in [0.25, 0.3) is 0 Å². The van der Waals surface area contributed by atoms with Gasteiger partial charge in [-0.05, 0) is 83.5 Å². The number of allylic oxidation sites excluding steroid dienone is 8. The number of hydrogen-bond donors (Lipinski definition) is 3. The second-order valence-electron chi connectivity index (χ2n) is 23.8. The van der Waals surface area contributed by atoms with Crippen LogP contribution in [-0.2, 0) is 42.9 Å². The Labute approximate surface area is 507 Å². The van der Waals surface area contributed by atoms with Crippen molar-refractivity contribution in [1.82, 2.24) is 0 Å². The van der Waals surface area contributed by atoms with Gasteiger partial charge in [0.05, 0.1) is 6.61 Å². The van der Waals surface area contributed by atoms with Gasteiger partial charge in [-0.3, -0.25) is 14.4 Å². The number of carbonyl (C=O) groups is 4. The molecule has 1 aliphatic rings. The van der Waals surface area contributed by atoms with Crippen molar-refractivity contribution in [2.24, 2.45) is 0 Å². The molecule has 12 heteroatoms. The largest absolute Gasteiger partial charge is 0.479 e. The molecule has 6 atom stereocenters. The fourth-order valence-electron chi connectivity index (χ4n) is 10.5. The molecule has 6 unspecified atom stereocenters. The van der Waals surface area contributed by atoms with Gasteiger partial charge in [-0.1, -0.05) is 275 Å². The number of aliphatic carboxylic acids is 1. The summed E-state index contributed by atoms with van der Waals surface area (Å²) in [5.74, 6) is -3.11. The van der Waals surface area contributed by atoms with E-state index in [1.807, 2.05) is 0 Å². The van der Waals surface area contributed by atoms with E-state index >= 15 is 0 Å². The van der Waals surface area contributed by atoms with Crippen LogP contribution in [0.3, 0.4) is 0 Å². The van der Waals surface area contributed by atoms with Gasteiger partial charge in [0.25, 0.3) is 0 Å². The second kappa shape index (κ2) is 59.0. The molecule has 1 rings (SSSR count). The molecule has 482 valence electrons. The lowest BCUT2D eigenvalue weighted by Crippen LogP contribution is -2.61. The third-order valence-electron chi connectivity index (χ3n) is 15.9. The van der Waals surface area contributed by atoms with Gasteiger partial charge in [0.15, 0.2) is 24.6 Å². The maximum Gasteiger partial charge on any atom is 0.335 e. The normalized spacial score (nSPS) is 17.8. The highest BCUT2D eigenvalue weighted by molar-refractivity contribution is 5.74. The van der Waals surface area contributed by atoms with Crippen LogP contribution in [0.4, 0.5) is 0 Å². The van der Waals surface area contributed by atoms with Crippen LogP contribution in [-0.4, -0.2) is 89.2 Å². The summed E-state index contributed by atoms with van der Waals surface area (Å²) in [7, 11) is 0. The third-order valence-corrected chi connectivity index (χ3v) is 15.9. The van der Waals surface area contributed by atoms with E-state index in [1.54, 1.807) is 0 Å². The predicted octanol–water partition coefficient (Wildman–Crippen LogP) is 18.9. The van der Waals surface area contributed by atoms with E-state index in [0.717, 1.165) is 96.3 Å². The second-order valence-corrected chi connectivity index (χ2v) is 23.8. The third kappa shape index (κ3) is 48.5. The molecule has 0 radical (unpaired) electrons. The summed E-state index contributed by atoms with van der Waals surface area (Å²) in [5.41, 5.74) is 0. The van der Waals surface area contributed by atoms with E-state index in [9.17, 15) is 34.5 Å². The summed E-state index contributed by atoms with van der Waals surface area (Å²) in [6.07, 6.45) is 60.6.